The lowest BCUT2D eigenvalue weighted by molar-refractivity contribution is -0.153. The summed E-state index contributed by atoms with van der Waals surface area (Å²) < 4.78 is 19.9. The summed E-state index contributed by atoms with van der Waals surface area (Å²) in [6.45, 7) is 3.96. The molecule has 1 saturated carbocycles. The first kappa shape index (κ1) is 14.8. The number of carbonyl (C=O) groups excluding carboxylic acids is 1. The summed E-state index contributed by atoms with van der Waals surface area (Å²) >= 11 is 8.99. The average Bonchev–Trinajstić information content (AvgIpc) is 2.36. The second-order valence-electron chi connectivity index (χ2n) is 4.79. The van der Waals surface area contributed by atoms with E-state index in [4.69, 9.17) is 16.3 Å². The normalized spacial score (nSPS) is 21.1. The molecule has 0 radical (unpaired) electrons. The lowest BCUT2D eigenvalue weighted by Crippen LogP contribution is -2.56. The van der Waals surface area contributed by atoms with Crippen LogP contribution >= 0.6 is 27.5 Å². The number of hydrogen-bond acceptors (Lipinski definition) is 2. The SMILES string of the molecule is CCC1(CC)C(=O)CC1Oc1cc(F)c(Cl)cc1Br. The van der Waals surface area contributed by atoms with Gasteiger partial charge in [0.15, 0.2) is 0 Å². The van der Waals surface area contributed by atoms with Crippen LogP contribution in [0.1, 0.15) is 33.1 Å². The zero-order valence-electron chi connectivity index (χ0n) is 10.8. The van der Waals surface area contributed by atoms with Gasteiger partial charge in [-0.3, -0.25) is 4.79 Å². The quantitative estimate of drug-likeness (QED) is 0.732. The van der Waals surface area contributed by atoms with E-state index in [0.29, 0.717) is 16.6 Å². The van der Waals surface area contributed by atoms with E-state index in [9.17, 15) is 9.18 Å². The Balaban J connectivity index is 2.23. The molecule has 1 unspecified atom stereocenters. The Morgan fingerprint density at radius 3 is 2.63 bits per heavy atom. The van der Waals surface area contributed by atoms with E-state index in [-0.39, 0.29) is 16.9 Å². The van der Waals surface area contributed by atoms with Gasteiger partial charge in [0.2, 0.25) is 0 Å². The maximum atomic E-state index is 13.5. The molecule has 0 aliphatic heterocycles. The molecule has 0 heterocycles. The molecule has 0 saturated heterocycles. The zero-order chi connectivity index (χ0) is 14.2. The minimum absolute atomic E-state index is 0.0427. The van der Waals surface area contributed by atoms with Crippen molar-refractivity contribution in [1.29, 1.82) is 0 Å². The number of ether oxygens (including phenoxy) is 1. The van der Waals surface area contributed by atoms with Crippen molar-refractivity contribution in [2.24, 2.45) is 5.41 Å². The van der Waals surface area contributed by atoms with Crippen molar-refractivity contribution in [2.75, 3.05) is 0 Å². The molecule has 0 N–H and O–H groups in total. The van der Waals surface area contributed by atoms with E-state index in [0.717, 1.165) is 12.8 Å². The highest BCUT2D eigenvalue weighted by molar-refractivity contribution is 9.10. The largest absolute Gasteiger partial charge is 0.488 e. The van der Waals surface area contributed by atoms with Crippen molar-refractivity contribution < 1.29 is 13.9 Å². The van der Waals surface area contributed by atoms with Crippen LogP contribution in [0, 0.1) is 11.2 Å². The van der Waals surface area contributed by atoms with Gasteiger partial charge in [0.1, 0.15) is 23.5 Å². The molecule has 19 heavy (non-hydrogen) atoms. The highest BCUT2D eigenvalue weighted by atomic mass is 79.9. The van der Waals surface area contributed by atoms with Crippen LogP contribution in [0.4, 0.5) is 4.39 Å². The van der Waals surface area contributed by atoms with Crippen LogP contribution in [0.2, 0.25) is 5.02 Å². The standard InChI is InChI=1S/C14H15BrClFO2/c1-3-14(4-2)12(18)7-13(14)19-11-6-10(17)9(16)5-8(11)15/h5-6,13H,3-4,7H2,1-2H3. The van der Waals surface area contributed by atoms with Crippen molar-refractivity contribution in [3.05, 3.63) is 27.4 Å². The summed E-state index contributed by atoms with van der Waals surface area (Å²) in [5, 5.41) is 0.0427. The molecule has 1 aromatic carbocycles. The molecule has 1 atom stereocenters. The fraction of sp³-hybridized carbons (Fsp3) is 0.500. The van der Waals surface area contributed by atoms with Gasteiger partial charge in [0.05, 0.1) is 14.9 Å². The van der Waals surface area contributed by atoms with Gasteiger partial charge in [-0.15, -0.1) is 0 Å². The Morgan fingerprint density at radius 2 is 2.11 bits per heavy atom. The maximum absolute atomic E-state index is 13.5. The van der Waals surface area contributed by atoms with Gasteiger partial charge >= 0.3 is 0 Å². The summed E-state index contributed by atoms with van der Waals surface area (Å²) in [7, 11) is 0. The smallest absolute Gasteiger partial charge is 0.146 e. The monoisotopic (exact) mass is 348 g/mol. The van der Waals surface area contributed by atoms with E-state index in [1.54, 1.807) is 0 Å². The molecule has 1 aromatic rings. The van der Waals surface area contributed by atoms with E-state index in [1.165, 1.54) is 12.1 Å². The molecule has 2 rings (SSSR count). The third-order valence-corrected chi connectivity index (χ3v) is 4.96. The summed E-state index contributed by atoms with van der Waals surface area (Å²) in [6.07, 6.45) is 1.67. The first-order valence-corrected chi connectivity index (χ1v) is 7.46. The van der Waals surface area contributed by atoms with Crippen LogP contribution in [-0.4, -0.2) is 11.9 Å². The van der Waals surface area contributed by atoms with Gasteiger partial charge < -0.3 is 4.74 Å². The fourth-order valence-electron chi connectivity index (χ4n) is 2.62. The molecule has 1 fully saturated rings. The number of carbonyl (C=O) groups is 1. The van der Waals surface area contributed by atoms with E-state index < -0.39 is 11.2 Å². The second kappa shape index (κ2) is 5.41. The number of Topliss-reactive ketones (excluding diaryl/α,β-unsaturated/α-hetero) is 1. The van der Waals surface area contributed by atoms with Gasteiger partial charge in [-0.2, -0.15) is 0 Å². The molecule has 104 valence electrons. The first-order valence-electron chi connectivity index (χ1n) is 6.29. The summed E-state index contributed by atoms with van der Waals surface area (Å²) in [6, 6.07) is 2.72. The van der Waals surface area contributed by atoms with Crippen LogP contribution in [0.3, 0.4) is 0 Å². The number of benzene rings is 1. The van der Waals surface area contributed by atoms with Crippen LogP contribution in [0.25, 0.3) is 0 Å². The van der Waals surface area contributed by atoms with Crippen LogP contribution in [0.5, 0.6) is 5.75 Å². The Bertz CT molecular complexity index is 514. The van der Waals surface area contributed by atoms with E-state index in [1.807, 2.05) is 13.8 Å². The van der Waals surface area contributed by atoms with Crippen molar-refractivity contribution in [1.82, 2.24) is 0 Å². The third-order valence-electron chi connectivity index (χ3n) is 4.05. The molecule has 0 aromatic heterocycles. The molecular formula is C14H15BrClFO2. The first-order chi connectivity index (χ1) is 8.94. The van der Waals surface area contributed by atoms with Crippen LogP contribution in [0.15, 0.2) is 16.6 Å². The lowest BCUT2D eigenvalue weighted by Gasteiger charge is -2.46. The van der Waals surface area contributed by atoms with Crippen LogP contribution < -0.4 is 4.74 Å². The van der Waals surface area contributed by atoms with Gasteiger partial charge in [-0.25, -0.2) is 4.39 Å². The van der Waals surface area contributed by atoms with E-state index >= 15 is 0 Å². The zero-order valence-corrected chi connectivity index (χ0v) is 13.1. The minimum Gasteiger partial charge on any atom is -0.488 e. The van der Waals surface area contributed by atoms with Crippen molar-refractivity contribution >= 4 is 33.3 Å². The number of halogens is 3. The predicted octanol–water partition coefficient (Wildman–Crippen LogP) is 4.77. The van der Waals surface area contributed by atoms with Crippen molar-refractivity contribution in [3.63, 3.8) is 0 Å². The lowest BCUT2D eigenvalue weighted by atomic mass is 9.61. The molecule has 0 spiro atoms. The molecule has 5 heteroatoms. The fourth-order valence-corrected chi connectivity index (χ4v) is 3.35. The van der Waals surface area contributed by atoms with Gasteiger partial charge in [-0.05, 0) is 34.8 Å². The molecule has 1 aliphatic carbocycles. The Kier molecular flexibility index (Phi) is 4.21. The van der Waals surface area contributed by atoms with Crippen LogP contribution in [-0.2, 0) is 4.79 Å². The van der Waals surface area contributed by atoms with Crippen molar-refractivity contribution in [2.45, 2.75) is 39.2 Å². The second-order valence-corrected chi connectivity index (χ2v) is 6.06. The van der Waals surface area contributed by atoms with E-state index in [2.05, 4.69) is 15.9 Å². The Labute approximate surface area is 125 Å². The molecule has 0 bridgehead atoms. The summed E-state index contributed by atoms with van der Waals surface area (Å²) in [5.74, 6) is 0.0999. The highest BCUT2D eigenvalue weighted by Crippen LogP contribution is 2.46. The highest BCUT2D eigenvalue weighted by Gasteiger charge is 2.54. The molecule has 2 nitrogen and oxygen atoms in total. The predicted molar refractivity (Wildman–Crippen MR) is 76.2 cm³/mol. The number of ketones is 1. The number of rotatable bonds is 4. The third kappa shape index (κ3) is 2.40. The van der Waals surface area contributed by atoms with Gasteiger partial charge in [0, 0.05) is 12.5 Å². The molecule has 0 amide bonds. The number of hydrogen-bond donors (Lipinski definition) is 0. The molecule has 1 aliphatic rings. The Hall–Kier alpha value is -0.610. The van der Waals surface area contributed by atoms with Gasteiger partial charge in [-0.1, -0.05) is 25.4 Å². The Morgan fingerprint density at radius 1 is 1.47 bits per heavy atom. The summed E-state index contributed by atoms with van der Waals surface area (Å²) in [4.78, 5) is 11.8. The molecular weight excluding hydrogens is 335 g/mol. The van der Waals surface area contributed by atoms with Gasteiger partial charge in [0.25, 0.3) is 0 Å². The minimum atomic E-state index is -0.524. The average molecular weight is 350 g/mol. The van der Waals surface area contributed by atoms with Crippen molar-refractivity contribution in [3.8, 4) is 5.75 Å². The topological polar surface area (TPSA) is 26.3 Å². The summed E-state index contributed by atoms with van der Waals surface area (Å²) in [5.41, 5.74) is -0.421. The maximum Gasteiger partial charge on any atom is 0.146 e.